The van der Waals surface area contributed by atoms with Gasteiger partial charge in [0.1, 0.15) is 25.0 Å². The fraction of sp³-hybridized carbons (Fsp3) is 0.542. The number of esters is 1. The number of carbonyl (C=O) groups is 1. The second-order valence-corrected chi connectivity index (χ2v) is 10.4. The smallest absolute Gasteiger partial charge is 0.333 e. The van der Waals surface area contributed by atoms with E-state index in [1.807, 2.05) is 6.92 Å². The standard InChI is InChI=1S/C24H32N2O10S/c1-15-6-8-19(9-7-15)37(30,31)34-13-18(35-17(3)27)12-26-23(28)16(2)11-25(24(26)29)22-10-20(33-5)21(36-22)14-32-4/h6-9,11,18,20-22H,10,12-14H2,1-5H3/t18?,20-,21?,22?/m0/s1. The summed E-state index contributed by atoms with van der Waals surface area (Å²) in [6, 6.07) is 6.01. The van der Waals surface area contributed by atoms with E-state index in [1.165, 1.54) is 44.0 Å². The molecule has 204 valence electrons. The molecule has 0 amide bonds. The van der Waals surface area contributed by atoms with Crippen molar-refractivity contribution in [3.8, 4) is 0 Å². The molecule has 13 heteroatoms. The van der Waals surface area contributed by atoms with Gasteiger partial charge in [-0.15, -0.1) is 0 Å². The molecule has 0 bridgehead atoms. The van der Waals surface area contributed by atoms with E-state index >= 15 is 0 Å². The number of ether oxygens (including phenoxy) is 4. The molecular weight excluding hydrogens is 508 g/mol. The lowest BCUT2D eigenvalue weighted by Gasteiger charge is -2.21. The Morgan fingerprint density at radius 2 is 1.84 bits per heavy atom. The zero-order valence-corrected chi connectivity index (χ0v) is 22.2. The molecule has 1 aliphatic heterocycles. The van der Waals surface area contributed by atoms with Crippen LogP contribution in [0.5, 0.6) is 0 Å². The number of nitrogens with zero attached hydrogens (tertiary/aromatic N) is 2. The summed E-state index contributed by atoms with van der Waals surface area (Å²) in [7, 11) is -1.12. The highest BCUT2D eigenvalue weighted by molar-refractivity contribution is 7.86. The van der Waals surface area contributed by atoms with E-state index in [0.717, 1.165) is 17.1 Å². The van der Waals surface area contributed by atoms with Crippen molar-refractivity contribution in [2.24, 2.45) is 0 Å². The number of methoxy groups -OCH3 is 2. The first-order chi connectivity index (χ1) is 17.5. The summed E-state index contributed by atoms with van der Waals surface area (Å²) >= 11 is 0. The van der Waals surface area contributed by atoms with Gasteiger partial charge in [-0.3, -0.25) is 22.9 Å². The lowest BCUT2D eigenvalue weighted by atomic mass is 10.2. The third-order valence-electron chi connectivity index (χ3n) is 5.93. The summed E-state index contributed by atoms with van der Waals surface area (Å²) in [5, 5.41) is 0. The van der Waals surface area contributed by atoms with Crippen LogP contribution in [0.3, 0.4) is 0 Å². The van der Waals surface area contributed by atoms with Gasteiger partial charge in [-0.05, 0) is 26.0 Å². The first-order valence-electron chi connectivity index (χ1n) is 11.6. The molecular formula is C24H32N2O10S. The minimum absolute atomic E-state index is 0.0774. The Hall–Kier alpha value is -2.84. The molecule has 1 fully saturated rings. The normalized spacial score (nSPS) is 20.6. The molecule has 0 N–H and O–H groups in total. The molecule has 1 aromatic heterocycles. The molecule has 37 heavy (non-hydrogen) atoms. The highest BCUT2D eigenvalue weighted by Gasteiger charge is 2.37. The van der Waals surface area contributed by atoms with Crippen molar-refractivity contribution in [2.45, 2.75) is 63.2 Å². The van der Waals surface area contributed by atoms with Crippen LogP contribution in [0.4, 0.5) is 0 Å². The first-order valence-corrected chi connectivity index (χ1v) is 13.0. The topological polar surface area (TPSA) is 141 Å². The molecule has 1 aromatic carbocycles. The quantitative estimate of drug-likeness (QED) is 0.298. The number of aryl methyl sites for hydroxylation is 2. The molecule has 0 spiro atoms. The monoisotopic (exact) mass is 540 g/mol. The Bertz CT molecular complexity index is 1320. The number of rotatable bonds is 11. The zero-order chi connectivity index (χ0) is 27.3. The molecule has 0 radical (unpaired) electrons. The SMILES string of the molecule is COCC1OC(n2cc(C)c(=O)n(CC(COS(=O)(=O)c3ccc(C)cc3)OC(C)=O)c2=O)C[C@@H]1OC. The maximum atomic E-state index is 13.3. The third-order valence-corrected chi connectivity index (χ3v) is 7.22. The number of benzene rings is 1. The number of hydrogen-bond acceptors (Lipinski definition) is 10. The predicted octanol–water partition coefficient (Wildman–Crippen LogP) is 0.913. The van der Waals surface area contributed by atoms with Crippen LogP contribution < -0.4 is 11.2 Å². The van der Waals surface area contributed by atoms with Crippen LogP contribution in [0.25, 0.3) is 0 Å². The minimum atomic E-state index is -4.18. The van der Waals surface area contributed by atoms with E-state index in [-0.39, 0.29) is 23.2 Å². The maximum Gasteiger partial charge on any atom is 0.333 e. The van der Waals surface area contributed by atoms with E-state index < -0.39 is 58.9 Å². The van der Waals surface area contributed by atoms with Crippen LogP contribution in [0.15, 0.2) is 44.9 Å². The van der Waals surface area contributed by atoms with Gasteiger partial charge in [0.05, 0.1) is 24.2 Å². The Morgan fingerprint density at radius 1 is 1.16 bits per heavy atom. The van der Waals surface area contributed by atoms with Crippen molar-refractivity contribution in [3.05, 3.63) is 62.4 Å². The summed E-state index contributed by atoms with van der Waals surface area (Å²) in [5.74, 6) is -0.730. The molecule has 3 rings (SSSR count). The lowest BCUT2D eigenvalue weighted by molar-refractivity contribution is -0.148. The van der Waals surface area contributed by atoms with Crippen LogP contribution in [0, 0.1) is 13.8 Å². The summed E-state index contributed by atoms with van der Waals surface area (Å²) in [4.78, 5) is 37.9. The second-order valence-electron chi connectivity index (χ2n) is 8.80. The first kappa shape index (κ1) is 28.7. The number of aromatic nitrogens is 2. The van der Waals surface area contributed by atoms with Gasteiger partial charge < -0.3 is 18.9 Å². The van der Waals surface area contributed by atoms with Gasteiger partial charge >= 0.3 is 11.7 Å². The highest BCUT2D eigenvalue weighted by atomic mass is 32.2. The van der Waals surface area contributed by atoms with E-state index in [4.69, 9.17) is 23.1 Å². The molecule has 4 atom stereocenters. The largest absolute Gasteiger partial charge is 0.458 e. The fourth-order valence-electron chi connectivity index (χ4n) is 4.06. The molecule has 0 aliphatic carbocycles. The molecule has 2 heterocycles. The minimum Gasteiger partial charge on any atom is -0.458 e. The average Bonchev–Trinajstić information content (AvgIpc) is 3.25. The van der Waals surface area contributed by atoms with Crippen molar-refractivity contribution in [1.82, 2.24) is 9.13 Å². The summed E-state index contributed by atoms with van der Waals surface area (Å²) in [5.41, 5.74) is -0.229. The van der Waals surface area contributed by atoms with E-state index in [0.29, 0.717) is 6.42 Å². The van der Waals surface area contributed by atoms with Crippen molar-refractivity contribution < 1.29 is 36.3 Å². The van der Waals surface area contributed by atoms with Crippen molar-refractivity contribution in [1.29, 1.82) is 0 Å². The predicted molar refractivity (Wildman–Crippen MR) is 131 cm³/mol. The Kier molecular flexibility index (Phi) is 9.42. The van der Waals surface area contributed by atoms with Crippen LogP contribution in [-0.4, -0.2) is 69.3 Å². The molecule has 2 aromatic rings. The molecule has 1 aliphatic rings. The van der Waals surface area contributed by atoms with Gasteiger partial charge in [0.2, 0.25) is 0 Å². The number of hydrogen-bond donors (Lipinski definition) is 0. The van der Waals surface area contributed by atoms with Gasteiger partial charge in [-0.2, -0.15) is 8.42 Å². The lowest BCUT2D eigenvalue weighted by Crippen LogP contribution is -2.45. The molecule has 1 saturated heterocycles. The molecule has 12 nitrogen and oxygen atoms in total. The number of carbonyl (C=O) groups excluding carboxylic acids is 1. The molecule has 3 unspecified atom stereocenters. The van der Waals surface area contributed by atoms with E-state index in [2.05, 4.69) is 0 Å². The van der Waals surface area contributed by atoms with E-state index in [9.17, 15) is 22.8 Å². The van der Waals surface area contributed by atoms with Crippen LogP contribution in [0.1, 0.15) is 30.7 Å². The Labute approximate surface area is 214 Å². The Balaban J connectivity index is 1.87. The van der Waals surface area contributed by atoms with E-state index in [1.54, 1.807) is 12.1 Å². The third kappa shape index (κ3) is 6.93. The van der Waals surface area contributed by atoms with Crippen molar-refractivity contribution in [2.75, 3.05) is 27.4 Å². The zero-order valence-electron chi connectivity index (χ0n) is 21.4. The van der Waals surface area contributed by atoms with Gasteiger partial charge in [-0.1, -0.05) is 17.7 Å². The second kappa shape index (κ2) is 12.1. The van der Waals surface area contributed by atoms with Gasteiger partial charge in [0.15, 0.2) is 0 Å². The van der Waals surface area contributed by atoms with Crippen LogP contribution >= 0.6 is 0 Å². The van der Waals surface area contributed by atoms with Crippen LogP contribution in [0.2, 0.25) is 0 Å². The van der Waals surface area contributed by atoms with Gasteiger partial charge in [0, 0.05) is 39.3 Å². The maximum absolute atomic E-state index is 13.3. The fourth-order valence-corrected chi connectivity index (χ4v) is 5.00. The summed E-state index contributed by atoms with van der Waals surface area (Å²) in [6.45, 7) is 3.70. The Morgan fingerprint density at radius 3 is 2.43 bits per heavy atom. The summed E-state index contributed by atoms with van der Waals surface area (Å²) < 4.78 is 54.2. The van der Waals surface area contributed by atoms with Crippen molar-refractivity contribution in [3.63, 3.8) is 0 Å². The van der Waals surface area contributed by atoms with Crippen molar-refractivity contribution >= 4 is 16.1 Å². The molecule has 0 saturated carbocycles. The van der Waals surface area contributed by atoms with Gasteiger partial charge in [-0.25, -0.2) is 4.79 Å². The van der Waals surface area contributed by atoms with Crippen LogP contribution in [-0.2, 0) is 44.6 Å². The van der Waals surface area contributed by atoms with Gasteiger partial charge in [0.25, 0.3) is 15.7 Å². The average molecular weight is 541 g/mol. The summed E-state index contributed by atoms with van der Waals surface area (Å²) in [6.07, 6.45) is -0.974. The highest BCUT2D eigenvalue weighted by Crippen LogP contribution is 2.29.